The van der Waals surface area contributed by atoms with Crippen LogP contribution in [0.25, 0.3) is 0 Å². The highest BCUT2D eigenvalue weighted by molar-refractivity contribution is 7.80. The summed E-state index contributed by atoms with van der Waals surface area (Å²) in [4.78, 5) is 23.0. The molecule has 0 aliphatic heterocycles. The molecule has 0 aromatic heterocycles. The number of carboxylic acids is 1. The third-order valence-electron chi connectivity index (χ3n) is 3.30. The summed E-state index contributed by atoms with van der Waals surface area (Å²) in [5, 5.41) is 23.8. The highest BCUT2D eigenvalue weighted by Gasteiger charge is 2.12. The van der Waals surface area contributed by atoms with E-state index in [1.165, 1.54) is 18.2 Å². The molecule has 0 saturated heterocycles. The molecular weight excluding hydrogens is 356 g/mol. The fourth-order valence-corrected chi connectivity index (χ4v) is 2.26. The number of hydrogen-bond acceptors (Lipinski definition) is 5. The van der Waals surface area contributed by atoms with Gasteiger partial charge in [0.1, 0.15) is 17.1 Å². The predicted octanol–water partition coefficient (Wildman–Crippen LogP) is 3.01. The zero-order chi connectivity index (χ0) is 19.1. The van der Waals surface area contributed by atoms with Crippen LogP contribution in [0.15, 0.2) is 42.5 Å². The number of amides is 1. The Hall–Kier alpha value is -3.13. The Bertz CT molecular complexity index is 821. The van der Waals surface area contributed by atoms with Crippen molar-refractivity contribution >= 4 is 34.9 Å². The predicted molar refractivity (Wildman–Crippen MR) is 101 cm³/mol. The van der Waals surface area contributed by atoms with Gasteiger partial charge in [-0.3, -0.25) is 10.1 Å². The van der Waals surface area contributed by atoms with Gasteiger partial charge in [-0.1, -0.05) is 6.92 Å². The van der Waals surface area contributed by atoms with Crippen LogP contribution in [0.5, 0.6) is 11.5 Å². The molecule has 8 heteroatoms. The van der Waals surface area contributed by atoms with Crippen LogP contribution < -0.4 is 15.4 Å². The second kappa shape index (κ2) is 8.82. The number of rotatable bonds is 6. The standard InChI is InChI=1S/C18H18N2O5S/c1-2-9-25-13-6-3-11(4-7-13)16(22)20-18(26)19-12-5-8-14(17(23)24)15(21)10-12/h3-8,10,21H,2,9H2,1H3,(H,23,24)(H2,19,20,22,26). The quantitative estimate of drug-likeness (QED) is 0.576. The van der Waals surface area contributed by atoms with E-state index < -0.39 is 17.6 Å². The Morgan fingerprint density at radius 2 is 1.85 bits per heavy atom. The molecule has 0 fully saturated rings. The van der Waals surface area contributed by atoms with Gasteiger partial charge in [-0.25, -0.2) is 4.79 Å². The average Bonchev–Trinajstić information content (AvgIpc) is 2.60. The van der Waals surface area contributed by atoms with E-state index in [9.17, 15) is 14.7 Å². The number of thiocarbonyl (C=S) groups is 1. The van der Waals surface area contributed by atoms with Crippen molar-refractivity contribution in [2.45, 2.75) is 13.3 Å². The van der Waals surface area contributed by atoms with E-state index in [4.69, 9.17) is 22.1 Å². The van der Waals surface area contributed by atoms with E-state index in [2.05, 4.69) is 10.6 Å². The number of carbonyl (C=O) groups excluding carboxylic acids is 1. The van der Waals surface area contributed by atoms with Gasteiger partial charge in [-0.15, -0.1) is 0 Å². The minimum atomic E-state index is -1.24. The Balaban J connectivity index is 1.95. The number of nitrogens with one attached hydrogen (secondary N) is 2. The van der Waals surface area contributed by atoms with Crippen LogP contribution in [-0.2, 0) is 0 Å². The van der Waals surface area contributed by atoms with Crippen LogP contribution in [0.4, 0.5) is 5.69 Å². The van der Waals surface area contributed by atoms with Crippen molar-refractivity contribution in [1.82, 2.24) is 5.32 Å². The summed E-state index contributed by atoms with van der Waals surface area (Å²) in [6.45, 7) is 2.61. The lowest BCUT2D eigenvalue weighted by Crippen LogP contribution is -2.34. The van der Waals surface area contributed by atoms with Gasteiger partial charge < -0.3 is 20.3 Å². The van der Waals surface area contributed by atoms with Crippen molar-refractivity contribution < 1.29 is 24.5 Å². The number of carbonyl (C=O) groups is 2. The van der Waals surface area contributed by atoms with E-state index in [1.54, 1.807) is 24.3 Å². The first-order valence-electron chi connectivity index (χ1n) is 7.82. The van der Waals surface area contributed by atoms with Crippen molar-refractivity contribution in [2.75, 3.05) is 11.9 Å². The fourth-order valence-electron chi connectivity index (χ4n) is 2.05. The molecule has 4 N–H and O–H groups in total. The van der Waals surface area contributed by atoms with E-state index in [-0.39, 0.29) is 10.7 Å². The summed E-state index contributed by atoms with van der Waals surface area (Å²) in [6.07, 6.45) is 0.894. The molecule has 7 nitrogen and oxygen atoms in total. The van der Waals surface area contributed by atoms with Gasteiger partial charge in [0, 0.05) is 17.3 Å². The highest BCUT2D eigenvalue weighted by Crippen LogP contribution is 2.22. The van der Waals surface area contributed by atoms with Crippen LogP contribution in [0.1, 0.15) is 34.1 Å². The third kappa shape index (κ3) is 5.18. The zero-order valence-electron chi connectivity index (χ0n) is 14.0. The van der Waals surface area contributed by atoms with Gasteiger partial charge in [0.2, 0.25) is 0 Å². The highest BCUT2D eigenvalue weighted by atomic mass is 32.1. The van der Waals surface area contributed by atoms with Crippen LogP contribution in [-0.4, -0.2) is 33.8 Å². The number of ether oxygens (including phenoxy) is 1. The monoisotopic (exact) mass is 374 g/mol. The number of phenols is 1. The second-order valence-electron chi connectivity index (χ2n) is 5.32. The maximum Gasteiger partial charge on any atom is 0.339 e. The SMILES string of the molecule is CCCOc1ccc(C(=O)NC(=S)Nc2ccc(C(=O)O)c(O)c2)cc1. The van der Waals surface area contributed by atoms with Gasteiger partial charge in [0.05, 0.1) is 6.61 Å². The van der Waals surface area contributed by atoms with Crippen LogP contribution in [0, 0.1) is 0 Å². The molecular formula is C18H18N2O5S. The number of benzene rings is 2. The average molecular weight is 374 g/mol. The first-order valence-corrected chi connectivity index (χ1v) is 8.23. The van der Waals surface area contributed by atoms with E-state index in [0.717, 1.165) is 6.42 Å². The largest absolute Gasteiger partial charge is 0.507 e. The number of carboxylic acid groups (broad SMARTS) is 1. The minimum absolute atomic E-state index is 0.0174. The Labute approximate surface area is 155 Å². The first kappa shape index (κ1) is 19.2. The molecule has 1 amide bonds. The van der Waals surface area contributed by atoms with Crippen LogP contribution in [0.3, 0.4) is 0 Å². The lowest BCUT2D eigenvalue weighted by Gasteiger charge is -2.11. The topological polar surface area (TPSA) is 108 Å². The number of hydrogen-bond donors (Lipinski definition) is 4. The fraction of sp³-hybridized carbons (Fsp3) is 0.167. The molecule has 0 atom stereocenters. The molecule has 0 aliphatic carbocycles. The lowest BCUT2D eigenvalue weighted by atomic mass is 10.2. The molecule has 2 aromatic carbocycles. The second-order valence-corrected chi connectivity index (χ2v) is 5.73. The first-order chi connectivity index (χ1) is 12.4. The molecule has 0 bridgehead atoms. The molecule has 0 unspecified atom stereocenters. The maximum atomic E-state index is 12.2. The van der Waals surface area contributed by atoms with Gasteiger partial charge in [-0.2, -0.15) is 0 Å². The van der Waals surface area contributed by atoms with Crippen molar-refractivity contribution in [3.8, 4) is 11.5 Å². The molecule has 0 aliphatic rings. The molecule has 136 valence electrons. The molecule has 0 heterocycles. The summed E-state index contributed by atoms with van der Waals surface area (Å²) >= 11 is 5.06. The molecule has 0 spiro atoms. The van der Waals surface area contributed by atoms with Gasteiger partial charge in [-0.05, 0) is 55.0 Å². The van der Waals surface area contributed by atoms with Crippen LogP contribution in [0.2, 0.25) is 0 Å². The third-order valence-corrected chi connectivity index (χ3v) is 3.51. The molecule has 2 aromatic rings. The summed E-state index contributed by atoms with van der Waals surface area (Å²) in [5.74, 6) is -1.37. The maximum absolute atomic E-state index is 12.2. The van der Waals surface area contributed by atoms with Gasteiger partial charge in [0.15, 0.2) is 5.11 Å². The van der Waals surface area contributed by atoms with Crippen molar-refractivity contribution in [3.05, 3.63) is 53.6 Å². The Morgan fingerprint density at radius 1 is 1.15 bits per heavy atom. The summed E-state index contributed by atoms with van der Waals surface area (Å²) in [7, 11) is 0. The summed E-state index contributed by atoms with van der Waals surface area (Å²) in [5.41, 5.74) is 0.527. The zero-order valence-corrected chi connectivity index (χ0v) is 14.8. The van der Waals surface area contributed by atoms with Crippen molar-refractivity contribution in [3.63, 3.8) is 0 Å². The van der Waals surface area contributed by atoms with E-state index in [1.807, 2.05) is 6.92 Å². The molecule has 2 rings (SSSR count). The van der Waals surface area contributed by atoms with Crippen molar-refractivity contribution in [1.29, 1.82) is 0 Å². The smallest absolute Gasteiger partial charge is 0.339 e. The Kier molecular flexibility index (Phi) is 6.51. The van der Waals surface area contributed by atoms with Crippen molar-refractivity contribution in [2.24, 2.45) is 0 Å². The van der Waals surface area contributed by atoms with Gasteiger partial charge in [0.25, 0.3) is 5.91 Å². The van der Waals surface area contributed by atoms with E-state index >= 15 is 0 Å². The number of aromatic hydroxyl groups is 1. The lowest BCUT2D eigenvalue weighted by molar-refractivity contribution is 0.0693. The normalized spacial score (nSPS) is 10.0. The number of aromatic carboxylic acids is 1. The Morgan fingerprint density at radius 3 is 2.42 bits per heavy atom. The molecule has 26 heavy (non-hydrogen) atoms. The van der Waals surface area contributed by atoms with E-state index in [0.29, 0.717) is 23.6 Å². The van der Waals surface area contributed by atoms with Crippen LogP contribution >= 0.6 is 12.2 Å². The molecule has 0 saturated carbocycles. The van der Waals surface area contributed by atoms with Gasteiger partial charge >= 0.3 is 5.97 Å². The minimum Gasteiger partial charge on any atom is -0.507 e. The summed E-state index contributed by atoms with van der Waals surface area (Å²) < 4.78 is 5.45. The summed E-state index contributed by atoms with van der Waals surface area (Å²) in [6, 6.07) is 10.5. The number of anilines is 1. The molecule has 0 radical (unpaired) electrons.